The van der Waals surface area contributed by atoms with Crippen molar-refractivity contribution in [3.63, 3.8) is 0 Å². The first kappa shape index (κ1) is 26.5. The number of nitrogens with zero attached hydrogens (tertiary/aromatic N) is 7. The minimum Gasteiger partial charge on any atom is -0.364 e. The second-order valence-electron chi connectivity index (χ2n) is 11.3. The summed E-state index contributed by atoms with van der Waals surface area (Å²) >= 11 is 0. The summed E-state index contributed by atoms with van der Waals surface area (Å²) in [6.07, 6.45) is -3.32. The monoisotopic (exact) mass is 537 g/mol. The van der Waals surface area contributed by atoms with Crippen molar-refractivity contribution in [3.05, 3.63) is 63.3 Å². The molecule has 1 aliphatic rings. The van der Waals surface area contributed by atoms with E-state index in [2.05, 4.69) is 31.9 Å². The van der Waals surface area contributed by atoms with Crippen LogP contribution in [0.4, 0.5) is 18.9 Å². The number of imidazole rings is 1. The molecule has 0 saturated heterocycles. The van der Waals surface area contributed by atoms with Crippen LogP contribution in [0.1, 0.15) is 49.7 Å². The molecule has 0 atom stereocenters. The summed E-state index contributed by atoms with van der Waals surface area (Å²) in [6.45, 7) is 7.38. The van der Waals surface area contributed by atoms with Crippen molar-refractivity contribution in [1.29, 1.82) is 5.26 Å². The number of benzene rings is 1. The molecule has 1 aliphatic heterocycles. The predicted octanol–water partition coefficient (Wildman–Crippen LogP) is 5.02. The fraction of sp³-hybridized carbons (Fsp3) is 0.429. The Morgan fingerprint density at radius 2 is 1.85 bits per heavy atom. The number of aromatic nitrogens is 5. The Hall–Kier alpha value is -4.07. The molecule has 11 heteroatoms. The van der Waals surface area contributed by atoms with Crippen molar-refractivity contribution in [2.45, 2.75) is 52.9 Å². The van der Waals surface area contributed by atoms with E-state index < -0.39 is 11.9 Å². The van der Waals surface area contributed by atoms with Crippen LogP contribution in [0.25, 0.3) is 22.4 Å². The second-order valence-corrected chi connectivity index (χ2v) is 11.3. The lowest BCUT2D eigenvalue weighted by Gasteiger charge is -2.30. The smallest absolute Gasteiger partial charge is 0.364 e. The van der Waals surface area contributed by atoms with Crippen LogP contribution >= 0.6 is 0 Å². The number of hydrogen-bond acceptors (Lipinski definition) is 5. The molecule has 0 unspecified atom stereocenters. The van der Waals surface area contributed by atoms with Crippen molar-refractivity contribution in [3.8, 4) is 17.3 Å². The van der Waals surface area contributed by atoms with Gasteiger partial charge in [-0.05, 0) is 48.1 Å². The van der Waals surface area contributed by atoms with Crippen LogP contribution in [-0.4, -0.2) is 30.4 Å². The van der Waals surface area contributed by atoms with Gasteiger partial charge in [-0.3, -0.25) is 13.8 Å². The normalized spacial score (nSPS) is 14.1. The zero-order chi connectivity index (χ0) is 28.3. The summed E-state index contributed by atoms with van der Waals surface area (Å²) in [5.41, 5.74) is 2.94. The molecule has 0 spiro atoms. The van der Waals surface area contributed by atoms with Gasteiger partial charge in [-0.1, -0.05) is 26.8 Å². The van der Waals surface area contributed by atoms with Gasteiger partial charge in [-0.25, -0.2) is 9.78 Å². The zero-order valence-electron chi connectivity index (χ0n) is 22.6. The maximum atomic E-state index is 13.8. The lowest BCUT2D eigenvalue weighted by molar-refractivity contribution is -0.141. The Morgan fingerprint density at radius 1 is 1.10 bits per heavy atom. The Balaban J connectivity index is 1.56. The topological polar surface area (TPSA) is 84.7 Å². The highest BCUT2D eigenvalue weighted by Gasteiger charge is 2.41. The van der Waals surface area contributed by atoms with Crippen molar-refractivity contribution in [1.82, 2.24) is 23.9 Å². The largest absolute Gasteiger partial charge is 0.437 e. The number of pyridine rings is 1. The average molecular weight is 538 g/mol. The summed E-state index contributed by atoms with van der Waals surface area (Å²) in [5.74, 6) is 0. The minimum absolute atomic E-state index is 0.117. The highest BCUT2D eigenvalue weighted by atomic mass is 19.4. The van der Waals surface area contributed by atoms with E-state index in [4.69, 9.17) is 4.98 Å². The van der Waals surface area contributed by atoms with E-state index in [1.165, 1.54) is 9.25 Å². The number of fused-ring (bicyclic) bond motifs is 2. The van der Waals surface area contributed by atoms with Gasteiger partial charge < -0.3 is 4.90 Å². The van der Waals surface area contributed by atoms with E-state index in [9.17, 15) is 23.2 Å². The van der Waals surface area contributed by atoms with Gasteiger partial charge in [0.1, 0.15) is 0 Å². The van der Waals surface area contributed by atoms with Gasteiger partial charge in [0.05, 0.1) is 34.2 Å². The molecule has 0 fully saturated rings. The maximum absolute atomic E-state index is 13.8. The van der Waals surface area contributed by atoms with Crippen LogP contribution in [0.3, 0.4) is 0 Å². The van der Waals surface area contributed by atoms with Crippen LogP contribution in [0.15, 0.2) is 35.1 Å². The number of alkyl halides is 3. The predicted molar refractivity (Wildman–Crippen MR) is 142 cm³/mol. The van der Waals surface area contributed by atoms with Gasteiger partial charge in [0.25, 0.3) is 0 Å². The van der Waals surface area contributed by atoms with Crippen molar-refractivity contribution in [2.75, 3.05) is 11.4 Å². The third-order valence-corrected chi connectivity index (χ3v) is 7.03. The van der Waals surface area contributed by atoms with E-state index in [1.807, 2.05) is 6.07 Å². The molecule has 4 heterocycles. The number of nitriles is 1. The molecule has 5 rings (SSSR count). The van der Waals surface area contributed by atoms with E-state index >= 15 is 0 Å². The van der Waals surface area contributed by atoms with Gasteiger partial charge in [-0.15, -0.1) is 0 Å². The van der Waals surface area contributed by atoms with Gasteiger partial charge in [-0.2, -0.15) is 23.5 Å². The van der Waals surface area contributed by atoms with Crippen molar-refractivity contribution < 1.29 is 13.2 Å². The van der Waals surface area contributed by atoms with Gasteiger partial charge in [0.2, 0.25) is 0 Å². The van der Waals surface area contributed by atoms with Crippen LogP contribution in [-0.2, 0) is 39.8 Å². The molecule has 0 radical (unpaired) electrons. The molecule has 1 aromatic carbocycles. The Kier molecular flexibility index (Phi) is 6.32. The van der Waals surface area contributed by atoms with Crippen molar-refractivity contribution >= 4 is 16.9 Å². The molecule has 39 heavy (non-hydrogen) atoms. The molecular weight excluding hydrogens is 507 g/mol. The van der Waals surface area contributed by atoms with Crippen LogP contribution in [0.5, 0.6) is 0 Å². The summed E-state index contributed by atoms with van der Waals surface area (Å²) in [5, 5.41) is 13.6. The minimum atomic E-state index is -4.56. The molecule has 0 saturated carbocycles. The summed E-state index contributed by atoms with van der Waals surface area (Å²) in [7, 11) is 3.21. The summed E-state index contributed by atoms with van der Waals surface area (Å²) in [4.78, 5) is 19.4. The molecule has 8 nitrogen and oxygen atoms in total. The first-order chi connectivity index (χ1) is 18.3. The fourth-order valence-corrected chi connectivity index (χ4v) is 5.33. The standard InChI is InChI=1S/C28H30F3N7O/c1-27(2,3)16-38-22-11-10-20(33-25(22)35(4)26(38)39)19-13-17(8-9-18(19)14-32)15-37-12-6-7-21-23(37)24(28(29,30)31)34-36(21)5/h8-11,13H,6-7,12,15-16H2,1-5H3. The van der Waals surface area contributed by atoms with Crippen LogP contribution in [0.2, 0.25) is 0 Å². The van der Waals surface area contributed by atoms with E-state index in [0.717, 1.165) is 5.56 Å². The van der Waals surface area contributed by atoms with Crippen LogP contribution in [0, 0.1) is 16.7 Å². The fourth-order valence-electron chi connectivity index (χ4n) is 5.33. The number of anilines is 1. The lowest BCUT2D eigenvalue weighted by atomic mass is 9.97. The molecule has 3 aromatic heterocycles. The number of halogens is 3. The summed E-state index contributed by atoms with van der Waals surface area (Å²) < 4.78 is 45.9. The third-order valence-electron chi connectivity index (χ3n) is 7.03. The van der Waals surface area contributed by atoms with E-state index in [-0.39, 0.29) is 23.3 Å². The first-order valence-electron chi connectivity index (χ1n) is 12.8. The molecule has 0 N–H and O–H groups in total. The molecular formula is C28H30F3N7O. The average Bonchev–Trinajstić information content (AvgIpc) is 3.33. The first-order valence-corrected chi connectivity index (χ1v) is 12.8. The van der Waals surface area contributed by atoms with Crippen molar-refractivity contribution in [2.24, 2.45) is 19.5 Å². The maximum Gasteiger partial charge on any atom is 0.437 e. The highest BCUT2D eigenvalue weighted by Crippen LogP contribution is 2.41. The van der Waals surface area contributed by atoms with E-state index in [0.29, 0.717) is 59.6 Å². The summed E-state index contributed by atoms with van der Waals surface area (Å²) in [6, 6.07) is 11.0. The third kappa shape index (κ3) is 4.80. The van der Waals surface area contributed by atoms with E-state index in [1.54, 1.807) is 47.8 Å². The zero-order valence-corrected chi connectivity index (χ0v) is 22.6. The molecule has 0 amide bonds. The number of hydrogen-bond donors (Lipinski definition) is 0. The van der Waals surface area contributed by atoms with Crippen LogP contribution < -0.4 is 10.6 Å². The highest BCUT2D eigenvalue weighted by molar-refractivity contribution is 5.78. The molecule has 4 aromatic rings. The Morgan fingerprint density at radius 3 is 2.51 bits per heavy atom. The van der Waals surface area contributed by atoms with Gasteiger partial charge in [0.15, 0.2) is 11.3 Å². The lowest BCUT2D eigenvalue weighted by Crippen LogP contribution is -2.30. The second kappa shape index (κ2) is 9.29. The Bertz CT molecular complexity index is 1680. The Labute approximate surface area is 223 Å². The molecule has 204 valence electrons. The van der Waals surface area contributed by atoms with Gasteiger partial charge in [0, 0.05) is 39.3 Å². The molecule has 0 aliphatic carbocycles. The number of aryl methyl sites for hydroxylation is 2. The SMILES string of the molecule is Cn1nc(C(F)(F)F)c2c1CCCN2Cc1ccc(C#N)c(-c2ccc3c(n2)n(C)c(=O)n3CC(C)(C)C)c1. The number of rotatable bonds is 4. The molecule has 0 bridgehead atoms. The van der Waals surface area contributed by atoms with Gasteiger partial charge >= 0.3 is 11.9 Å². The quantitative estimate of drug-likeness (QED) is 0.365.